The second-order valence-corrected chi connectivity index (χ2v) is 6.39. The number of carboxylic acid groups (broad SMARTS) is 1. The summed E-state index contributed by atoms with van der Waals surface area (Å²) in [4.78, 5) is 15.4. The van der Waals surface area contributed by atoms with Gasteiger partial charge < -0.3 is 14.6 Å². The van der Waals surface area contributed by atoms with Gasteiger partial charge in [0.2, 0.25) is 0 Å². The van der Waals surface area contributed by atoms with Crippen molar-refractivity contribution in [3.8, 4) is 33.9 Å². The Hall–Kier alpha value is -3.76. The summed E-state index contributed by atoms with van der Waals surface area (Å²) in [5.41, 5.74) is -0.234. The van der Waals surface area contributed by atoms with Crippen molar-refractivity contribution in [2.75, 3.05) is 0 Å². The summed E-state index contributed by atoms with van der Waals surface area (Å²) in [5, 5.41) is 9.25. The van der Waals surface area contributed by atoms with E-state index in [1.54, 1.807) is 0 Å². The van der Waals surface area contributed by atoms with Crippen molar-refractivity contribution in [1.29, 1.82) is 0 Å². The van der Waals surface area contributed by atoms with Crippen LogP contribution in [0.5, 0.6) is 11.5 Å². The minimum absolute atomic E-state index is 0.0321. The second-order valence-electron chi connectivity index (χ2n) is 6.39. The monoisotopic (exact) mass is 457 g/mol. The van der Waals surface area contributed by atoms with Gasteiger partial charge in [-0.3, -0.25) is 9.78 Å². The third kappa shape index (κ3) is 5.90. The number of alkyl halides is 6. The van der Waals surface area contributed by atoms with Crippen molar-refractivity contribution in [3.63, 3.8) is 0 Å². The molecule has 0 fully saturated rings. The second kappa shape index (κ2) is 8.77. The van der Waals surface area contributed by atoms with Gasteiger partial charge in [0.15, 0.2) is 0 Å². The summed E-state index contributed by atoms with van der Waals surface area (Å²) in [6, 6.07) is 11.4. The highest BCUT2D eigenvalue weighted by molar-refractivity contribution is 5.80. The Kier molecular flexibility index (Phi) is 6.28. The van der Waals surface area contributed by atoms with Crippen LogP contribution < -0.4 is 9.47 Å². The van der Waals surface area contributed by atoms with Crippen molar-refractivity contribution in [2.45, 2.75) is 19.1 Å². The Labute approximate surface area is 176 Å². The van der Waals surface area contributed by atoms with E-state index in [4.69, 9.17) is 0 Å². The molecule has 0 aliphatic rings. The van der Waals surface area contributed by atoms with Gasteiger partial charge in [-0.05, 0) is 29.8 Å². The minimum atomic E-state index is -5.00. The lowest BCUT2D eigenvalue weighted by molar-refractivity contribution is -0.275. The highest BCUT2D eigenvalue weighted by Crippen LogP contribution is 2.38. The number of carbonyl (C=O) groups is 1. The van der Waals surface area contributed by atoms with Crippen LogP contribution in [-0.2, 0) is 11.2 Å². The van der Waals surface area contributed by atoms with Gasteiger partial charge in [-0.15, -0.1) is 26.3 Å². The molecule has 0 aliphatic carbocycles. The first-order valence-corrected chi connectivity index (χ1v) is 8.84. The quantitative estimate of drug-likeness (QED) is 0.471. The van der Waals surface area contributed by atoms with Crippen LogP contribution >= 0.6 is 0 Å². The number of aromatic nitrogens is 1. The standard InChI is InChI=1S/C21H13F6NO4/c22-20(23,24)31-16-7-3-1-5-14(16)13-9-12(10-18(29)30)19(28-11-13)15-6-2-4-8-17(15)32-21(25,26)27/h1-9,11H,10H2,(H,29,30). The van der Waals surface area contributed by atoms with E-state index < -0.39 is 36.6 Å². The maximum absolute atomic E-state index is 12.8. The first kappa shape index (κ1) is 22.9. The molecule has 3 rings (SSSR count). The Morgan fingerprint density at radius 1 is 0.844 bits per heavy atom. The van der Waals surface area contributed by atoms with E-state index in [1.165, 1.54) is 42.5 Å². The van der Waals surface area contributed by atoms with E-state index in [1.807, 2.05) is 0 Å². The Balaban J connectivity index is 2.14. The summed E-state index contributed by atoms with van der Waals surface area (Å²) >= 11 is 0. The largest absolute Gasteiger partial charge is 0.573 e. The third-order valence-electron chi connectivity index (χ3n) is 4.10. The Morgan fingerprint density at radius 2 is 1.34 bits per heavy atom. The number of ether oxygens (including phenoxy) is 2. The number of halogens is 6. The van der Waals surface area contributed by atoms with Gasteiger partial charge in [0.05, 0.1) is 12.1 Å². The van der Waals surface area contributed by atoms with Crippen LogP contribution in [0.4, 0.5) is 26.3 Å². The van der Waals surface area contributed by atoms with E-state index in [9.17, 15) is 36.2 Å². The minimum Gasteiger partial charge on any atom is -0.481 e. The molecule has 0 aliphatic heterocycles. The smallest absolute Gasteiger partial charge is 0.481 e. The van der Waals surface area contributed by atoms with E-state index in [-0.39, 0.29) is 27.9 Å². The number of nitrogens with zero attached hydrogens (tertiary/aromatic N) is 1. The van der Waals surface area contributed by atoms with E-state index in [2.05, 4.69) is 14.5 Å². The molecule has 11 heteroatoms. The number of benzene rings is 2. The molecule has 0 amide bonds. The van der Waals surface area contributed by atoms with Crippen molar-refractivity contribution in [3.05, 3.63) is 66.4 Å². The summed E-state index contributed by atoms with van der Waals surface area (Å²) in [5.74, 6) is -2.47. The molecule has 0 radical (unpaired) electrons. The van der Waals surface area contributed by atoms with Crippen LogP contribution in [0, 0.1) is 0 Å². The summed E-state index contributed by atoms with van der Waals surface area (Å²) in [7, 11) is 0. The molecule has 32 heavy (non-hydrogen) atoms. The van der Waals surface area contributed by atoms with Gasteiger partial charge in [0.1, 0.15) is 11.5 Å². The van der Waals surface area contributed by atoms with Crippen LogP contribution in [-0.4, -0.2) is 28.8 Å². The van der Waals surface area contributed by atoms with Gasteiger partial charge in [-0.25, -0.2) is 0 Å². The van der Waals surface area contributed by atoms with Crippen molar-refractivity contribution in [2.24, 2.45) is 0 Å². The van der Waals surface area contributed by atoms with Crippen molar-refractivity contribution in [1.82, 2.24) is 4.98 Å². The van der Waals surface area contributed by atoms with Crippen LogP contribution in [0.15, 0.2) is 60.8 Å². The zero-order valence-corrected chi connectivity index (χ0v) is 15.9. The normalized spacial score (nSPS) is 11.8. The lowest BCUT2D eigenvalue weighted by Gasteiger charge is -2.17. The third-order valence-corrected chi connectivity index (χ3v) is 4.10. The van der Waals surface area contributed by atoms with Crippen LogP contribution in [0.3, 0.4) is 0 Å². The molecule has 0 unspecified atom stereocenters. The maximum Gasteiger partial charge on any atom is 0.573 e. The zero-order chi connectivity index (χ0) is 23.5. The van der Waals surface area contributed by atoms with Crippen LogP contribution in [0.2, 0.25) is 0 Å². The molecular formula is C21H13F6NO4. The average molecular weight is 457 g/mol. The highest BCUT2D eigenvalue weighted by atomic mass is 19.4. The lowest BCUT2D eigenvalue weighted by Crippen LogP contribution is -2.18. The molecule has 0 atom stereocenters. The molecule has 1 aromatic heterocycles. The van der Waals surface area contributed by atoms with Gasteiger partial charge in [-0.2, -0.15) is 0 Å². The molecule has 1 heterocycles. The number of para-hydroxylation sites is 2. The fraction of sp³-hybridized carbons (Fsp3) is 0.143. The van der Waals surface area contributed by atoms with Gasteiger partial charge in [0.25, 0.3) is 0 Å². The Bertz CT molecular complexity index is 1130. The maximum atomic E-state index is 12.8. The summed E-state index contributed by atoms with van der Waals surface area (Å²) in [6.07, 6.45) is -9.51. The summed E-state index contributed by atoms with van der Waals surface area (Å²) < 4.78 is 84.5. The predicted molar refractivity (Wildman–Crippen MR) is 99.8 cm³/mol. The SMILES string of the molecule is O=C(O)Cc1cc(-c2ccccc2OC(F)(F)F)cnc1-c1ccccc1OC(F)(F)F. The molecule has 0 saturated heterocycles. The van der Waals surface area contributed by atoms with Gasteiger partial charge >= 0.3 is 18.7 Å². The topological polar surface area (TPSA) is 68.7 Å². The van der Waals surface area contributed by atoms with Crippen molar-refractivity contribution < 1.29 is 45.7 Å². The van der Waals surface area contributed by atoms with E-state index >= 15 is 0 Å². The van der Waals surface area contributed by atoms with Crippen LogP contribution in [0.1, 0.15) is 5.56 Å². The van der Waals surface area contributed by atoms with Crippen LogP contribution in [0.25, 0.3) is 22.4 Å². The number of hydrogen-bond acceptors (Lipinski definition) is 4. The molecule has 3 aromatic rings. The van der Waals surface area contributed by atoms with E-state index in [0.717, 1.165) is 18.3 Å². The molecule has 0 saturated carbocycles. The lowest BCUT2D eigenvalue weighted by atomic mass is 9.98. The number of pyridine rings is 1. The molecule has 0 spiro atoms. The number of rotatable bonds is 6. The molecule has 168 valence electrons. The van der Waals surface area contributed by atoms with Gasteiger partial charge in [-0.1, -0.05) is 30.3 Å². The molecular weight excluding hydrogens is 444 g/mol. The number of aliphatic carboxylic acids is 1. The average Bonchev–Trinajstić information content (AvgIpc) is 2.66. The predicted octanol–water partition coefficient (Wildman–Crippen LogP) is 5.84. The first-order valence-electron chi connectivity index (χ1n) is 8.84. The Morgan fingerprint density at radius 3 is 1.88 bits per heavy atom. The van der Waals surface area contributed by atoms with Crippen molar-refractivity contribution >= 4 is 5.97 Å². The molecule has 2 aromatic carbocycles. The fourth-order valence-electron chi connectivity index (χ4n) is 2.99. The molecule has 0 bridgehead atoms. The number of hydrogen-bond donors (Lipinski definition) is 1. The number of carboxylic acids is 1. The molecule has 1 N–H and O–H groups in total. The molecule has 5 nitrogen and oxygen atoms in total. The first-order chi connectivity index (χ1) is 14.9. The zero-order valence-electron chi connectivity index (χ0n) is 15.9. The fourth-order valence-corrected chi connectivity index (χ4v) is 2.99. The highest BCUT2D eigenvalue weighted by Gasteiger charge is 2.33. The summed E-state index contributed by atoms with van der Waals surface area (Å²) in [6.45, 7) is 0. The van der Waals surface area contributed by atoms with Gasteiger partial charge in [0, 0.05) is 22.9 Å². The van der Waals surface area contributed by atoms with E-state index in [0.29, 0.717) is 0 Å².